The number of aromatic hydroxyl groups is 1. The van der Waals surface area contributed by atoms with Crippen molar-refractivity contribution < 1.29 is 14.3 Å². The van der Waals surface area contributed by atoms with Crippen LogP contribution in [-0.2, 0) is 4.79 Å². The van der Waals surface area contributed by atoms with E-state index in [0.29, 0.717) is 17.0 Å². The fourth-order valence-corrected chi connectivity index (χ4v) is 2.29. The highest BCUT2D eigenvalue weighted by Gasteiger charge is 2.27. The van der Waals surface area contributed by atoms with Crippen LogP contribution in [0.4, 0.5) is 10.1 Å². The van der Waals surface area contributed by atoms with Crippen molar-refractivity contribution in [1.82, 2.24) is 0 Å². The van der Waals surface area contributed by atoms with E-state index in [1.807, 2.05) is 0 Å². The van der Waals surface area contributed by atoms with Gasteiger partial charge in [0.1, 0.15) is 11.6 Å². The van der Waals surface area contributed by atoms with Crippen molar-refractivity contribution >= 4 is 28.9 Å². The maximum Gasteiger partial charge on any atom is 0.253 e. The van der Waals surface area contributed by atoms with Crippen molar-refractivity contribution in [2.45, 2.75) is 6.42 Å². The first kappa shape index (κ1) is 13.6. The van der Waals surface area contributed by atoms with Crippen LogP contribution in [0, 0.1) is 5.82 Å². The molecule has 1 aliphatic heterocycles. The Kier molecular flexibility index (Phi) is 3.35. The highest BCUT2D eigenvalue weighted by Crippen LogP contribution is 2.28. The number of rotatable bonds is 2. The van der Waals surface area contributed by atoms with Crippen molar-refractivity contribution in [1.29, 1.82) is 0 Å². The maximum atomic E-state index is 13.2. The minimum absolute atomic E-state index is 0.0584. The van der Waals surface area contributed by atoms with Crippen LogP contribution < -0.4 is 5.01 Å². The van der Waals surface area contributed by atoms with E-state index in [9.17, 15) is 14.3 Å². The number of halogens is 2. The summed E-state index contributed by atoms with van der Waals surface area (Å²) >= 11 is 5.72. The van der Waals surface area contributed by atoms with Gasteiger partial charge in [-0.15, -0.1) is 0 Å². The number of hydrazone groups is 1. The van der Waals surface area contributed by atoms with Crippen LogP contribution in [0.1, 0.15) is 12.0 Å². The lowest BCUT2D eigenvalue weighted by atomic mass is 10.1. The van der Waals surface area contributed by atoms with E-state index in [0.717, 1.165) is 5.01 Å². The van der Waals surface area contributed by atoms with Crippen molar-refractivity contribution in [2.75, 3.05) is 5.01 Å². The molecule has 4 nitrogen and oxygen atoms in total. The molecule has 1 amide bonds. The van der Waals surface area contributed by atoms with Gasteiger partial charge in [0.25, 0.3) is 5.91 Å². The quantitative estimate of drug-likeness (QED) is 0.925. The topological polar surface area (TPSA) is 52.9 Å². The van der Waals surface area contributed by atoms with Gasteiger partial charge in [-0.1, -0.05) is 23.7 Å². The Morgan fingerprint density at radius 1 is 1.24 bits per heavy atom. The first-order chi connectivity index (χ1) is 10.1. The zero-order valence-corrected chi connectivity index (χ0v) is 11.5. The fourth-order valence-electron chi connectivity index (χ4n) is 2.12. The van der Waals surface area contributed by atoms with Crippen molar-refractivity contribution in [3.63, 3.8) is 0 Å². The molecule has 0 bridgehead atoms. The number of amides is 1. The summed E-state index contributed by atoms with van der Waals surface area (Å²) in [5.74, 6) is -0.768. The van der Waals surface area contributed by atoms with Gasteiger partial charge in [-0.05, 0) is 30.3 Å². The normalized spacial score (nSPS) is 14.5. The summed E-state index contributed by atoms with van der Waals surface area (Å²) in [6.07, 6.45) is 0.0621. The number of benzene rings is 2. The molecule has 3 rings (SSSR count). The molecule has 2 aromatic carbocycles. The number of phenols is 1. The molecule has 0 aromatic heterocycles. The first-order valence-corrected chi connectivity index (χ1v) is 6.58. The number of carbonyl (C=O) groups excluding carboxylic acids is 1. The van der Waals surface area contributed by atoms with E-state index in [-0.39, 0.29) is 23.1 Å². The second-order valence-electron chi connectivity index (χ2n) is 4.54. The standard InChI is InChI=1S/C15H10ClFN2O2/c16-11-7-9(5-6-12(11)17)19-15(21)8-13(18-19)10-3-1-2-4-14(10)20/h1-7,20H,8H2. The summed E-state index contributed by atoms with van der Waals surface area (Å²) in [6, 6.07) is 10.6. The number of anilines is 1. The number of phenolic OH excluding ortho intramolecular Hbond substituents is 1. The minimum Gasteiger partial charge on any atom is -0.507 e. The smallest absolute Gasteiger partial charge is 0.253 e. The number of carbonyl (C=O) groups is 1. The van der Waals surface area contributed by atoms with E-state index in [4.69, 9.17) is 11.6 Å². The molecule has 2 aromatic rings. The highest BCUT2D eigenvalue weighted by atomic mass is 35.5. The zero-order valence-electron chi connectivity index (χ0n) is 10.8. The Morgan fingerprint density at radius 2 is 2.00 bits per heavy atom. The van der Waals surface area contributed by atoms with Gasteiger partial charge in [0, 0.05) is 5.56 Å². The molecule has 0 saturated carbocycles. The molecule has 21 heavy (non-hydrogen) atoms. The lowest BCUT2D eigenvalue weighted by molar-refractivity contribution is -0.116. The number of hydrogen-bond donors (Lipinski definition) is 1. The number of nitrogens with zero attached hydrogens (tertiary/aromatic N) is 2. The molecular formula is C15H10ClFN2O2. The molecule has 1 N–H and O–H groups in total. The minimum atomic E-state index is -0.558. The van der Waals surface area contributed by atoms with Gasteiger partial charge >= 0.3 is 0 Å². The van der Waals surface area contributed by atoms with Crippen LogP contribution in [-0.4, -0.2) is 16.7 Å². The molecular weight excluding hydrogens is 295 g/mol. The van der Waals surface area contributed by atoms with Crippen LogP contribution >= 0.6 is 11.6 Å². The molecule has 1 heterocycles. The molecule has 0 atom stereocenters. The van der Waals surface area contributed by atoms with E-state index in [1.54, 1.807) is 18.2 Å². The zero-order chi connectivity index (χ0) is 15.0. The SMILES string of the molecule is O=C1CC(c2ccccc2O)=NN1c1ccc(F)c(Cl)c1. The van der Waals surface area contributed by atoms with E-state index in [1.165, 1.54) is 24.3 Å². The van der Waals surface area contributed by atoms with Gasteiger partial charge in [-0.2, -0.15) is 5.10 Å². The Hall–Kier alpha value is -2.40. The lowest BCUT2D eigenvalue weighted by Gasteiger charge is -2.11. The molecule has 0 fully saturated rings. The Bertz CT molecular complexity index is 761. The predicted octanol–water partition coefficient (Wildman–Crippen LogP) is 3.33. The average Bonchev–Trinajstić information content (AvgIpc) is 2.84. The lowest BCUT2D eigenvalue weighted by Crippen LogP contribution is -2.19. The Balaban J connectivity index is 1.99. The molecule has 0 unspecified atom stereocenters. The summed E-state index contributed by atoms with van der Waals surface area (Å²) in [5.41, 5.74) is 1.34. The third-order valence-corrected chi connectivity index (χ3v) is 3.43. The van der Waals surface area contributed by atoms with Gasteiger partial charge in [-0.25, -0.2) is 9.40 Å². The van der Waals surface area contributed by atoms with Crippen LogP contribution in [0.25, 0.3) is 0 Å². The molecule has 1 aliphatic rings. The molecule has 106 valence electrons. The van der Waals surface area contributed by atoms with Crippen LogP contribution in [0.2, 0.25) is 5.02 Å². The second-order valence-corrected chi connectivity index (χ2v) is 4.95. The van der Waals surface area contributed by atoms with Crippen LogP contribution in [0.5, 0.6) is 5.75 Å². The largest absolute Gasteiger partial charge is 0.507 e. The predicted molar refractivity (Wildman–Crippen MR) is 78.2 cm³/mol. The average molecular weight is 305 g/mol. The van der Waals surface area contributed by atoms with Gasteiger partial charge < -0.3 is 5.11 Å². The summed E-state index contributed by atoms with van der Waals surface area (Å²) in [7, 11) is 0. The molecule has 6 heteroatoms. The van der Waals surface area contributed by atoms with Crippen molar-refractivity contribution in [2.24, 2.45) is 5.10 Å². The summed E-state index contributed by atoms with van der Waals surface area (Å²) in [5, 5.41) is 15.1. The monoisotopic (exact) mass is 304 g/mol. The van der Waals surface area contributed by atoms with Crippen molar-refractivity contribution in [3.8, 4) is 5.75 Å². The molecule has 0 saturated heterocycles. The molecule has 0 aliphatic carbocycles. The summed E-state index contributed by atoms with van der Waals surface area (Å²) in [6.45, 7) is 0. The van der Waals surface area contributed by atoms with Crippen LogP contribution in [0.15, 0.2) is 47.6 Å². The highest BCUT2D eigenvalue weighted by molar-refractivity contribution is 6.31. The summed E-state index contributed by atoms with van der Waals surface area (Å²) < 4.78 is 13.2. The maximum absolute atomic E-state index is 13.2. The van der Waals surface area contributed by atoms with E-state index < -0.39 is 5.82 Å². The van der Waals surface area contributed by atoms with Gasteiger partial charge in [0.05, 0.1) is 22.8 Å². The summed E-state index contributed by atoms with van der Waals surface area (Å²) in [4.78, 5) is 12.1. The third kappa shape index (κ3) is 2.48. The third-order valence-electron chi connectivity index (χ3n) is 3.14. The molecule has 0 spiro atoms. The Labute approximate surface area is 125 Å². The second kappa shape index (κ2) is 5.18. The van der Waals surface area contributed by atoms with E-state index >= 15 is 0 Å². The molecule has 0 radical (unpaired) electrons. The Morgan fingerprint density at radius 3 is 2.71 bits per heavy atom. The first-order valence-electron chi connectivity index (χ1n) is 6.20. The van der Waals surface area contributed by atoms with Gasteiger partial charge in [0.2, 0.25) is 0 Å². The van der Waals surface area contributed by atoms with Gasteiger partial charge in [-0.3, -0.25) is 4.79 Å². The number of hydrogen-bond acceptors (Lipinski definition) is 3. The van der Waals surface area contributed by atoms with Crippen LogP contribution in [0.3, 0.4) is 0 Å². The number of para-hydroxylation sites is 1. The van der Waals surface area contributed by atoms with Crippen molar-refractivity contribution in [3.05, 3.63) is 58.9 Å². The van der Waals surface area contributed by atoms with Gasteiger partial charge in [0.15, 0.2) is 0 Å². The van der Waals surface area contributed by atoms with E-state index in [2.05, 4.69) is 5.10 Å². The fraction of sp³-hybridized carbons (Fsp3) is 0.0667.